The molecule has 1 heterocycles. The Morgan fingerprint density at radius 2 is 1.77 bits per heavy atom. The molecule has 2 aromatic carbocycles. The highest BCUT2D eigenvalue weighted by atomic mass is 19.1. The van der Waals surface area contributed by atoms with Crippen molar-refractivity contribution in [1.29, 1.82) is 5.26 Å². The zero-order valence-electron chi connectivity index (χ0n) is 19.8. The predicted molar refractivity (Wildman–Crippen MR) is 129 cm³/mol. The molecule has 0 spiro atoms. The zero-order valence-corrected chi connectivity index (χ0v) is 19.8. The summed E-state index contributed by atoms with van der Waals surface area (Å²) >= 11 is 0. The van der Waals surface area contributed by atoms with E-state index < -0.39 is 5.91 Å². The minimum absolute atomic E-state index is 0.00707. The maximum Gasteiger partial charge on any atom is 0.271 e. The van der Waals surface area contributed by atoms with Gasteiger partial charge in [0, 0.05) is 11.6 Å². The number of benzene rings is 2. The van der Waals surface area contributed by atoms with Crippen LogP contribution in [-0.4, -0.2) is 29.9 Å². The van der Waals surface area contributed by atoms with Gasteiger partial charge in [-0.2, -0.15) is 5.26 Å². The van der Waals surface area contributed by atoms with Gasteiger partial charge in [0.25, 0.3) is 11.8 Å². The van der Waals surface area contributed by atoms with Crippen LogP contribution in [0.2, 0.25) is 0 Å². The third-order valence-electron chi connectivity index (χ3n) is 6.52. The molecule has 2 amide bonds. The van der Waals surface area contributed by atoms with Crippen LogP contribution in [0.15, 0.2) is 59.2 Å². The van der Waals surface area contributed by atoms with Crippen LogP contribution in [-0.2, 0) is 16.2 Å². The van der Waals surface area contributed by atoms with Crippen molar-refractivity contribution in [3.05, 3.63) is 76.1 Å². The molecule has 1 saturated carbocycles. The van der Waals surface area contributed by atoms with Gasteiger partial charge < -0.3 is 9.47 Å². The third kappa shape index (κ3) is 5.12. The van der Waals surface area contributed by atoms with Crippen LogP contribution in [0.25, 0.3) is 6.08 Å². The van der Waals surface area contributed by atoms with E-state index in [9.17, 15) is 19.2 Å². The van der Waals surface area contributed by atoms with E-state index in [0.717, 1.165) is 37.7 Å². The number of carbonyl (C=O) groups excluding carboxylic acids is 2. The Kier molecular flexibility index (Phi) is 7.31. The van der Waals surface area contributed by atoms with E-state index in [2.05, 4.69) is 0 Å². The summed E-state index contributed by atoms with van der Waals surface area (Å²) in [7, 11) is 1.52. The van der Waals surface area contributed by atoms with Gasteiger partial charge in [-0.05, 0) is 66.8 Å². The van der Waals surface area contributed by atoms with E-state index in [-0.39, 0.29) is 29.9 Å². The van der Waals surface area contributed by atoms with Gasteiger partial charge in [0.05, 0.1) is 7.11 Å². The molecular weight excluding hydrogens is 447 g/mol. The molecule has 0 unspecified atom stereocenters. The van der Waals surface area contributed by atoms with Crippen molar-refractivity contribution in [2.75, 3.05) is 7.11 Å². The highest BCUT2D eigenvalue weighted by molar-refractivity contribution is 6.19. The Morgan fingerprint density at radius 3 is 2.43 bits per heavy atom. The number of nitriles is 1. The summed E-state index contributed by atoms with van der Waals surface area (Å²) in [5, 5.41) is 9.65. The van der Waals surface area contributed by atoms with Crippen molar-refractivity contribution < 1.29 is 23.5 Å². The Balaban J connectivity index is 1.63. The van der Waals surface area contributed by atoms with E-state index in [4.69, 9.17) is 9.47 Å². The smallest absolute Gasteiger partial charge is 0.271 e. The molecule has 1 aliphatic carbocycles. The lowest BCUT2D eigenvalue weighted by atomic mass is 9.88. The lowest BCUT2D eigenvalue weighted by Gasteiger charge is -2.36. The van der Waals surface area contributed by atoms with Gasteiger partial charge in [0.15, 0.2) is 11.5 Å². The van der Waals surface area contributed by atoms with Crippen LogP contribution in [0, 0.1) is 17.1 Å². The molecule has 35 heavy (non-hydrogen) atoms. The van der Waals surface area contributed by atoms with Crippen LogP contribution in [0.3, 0.4) is 0 Å². The number of halogens is 1. The molecule has 7 heteroatoms. The van der Waals surface area contributed by atoms with Crippen molar-refractivity contribution in [2.24, 2.45) is 0 Å². The van der Waals surface area contributed by atoms with Gasteiger partial charge in [0.1, 0.15) is 24.1 Å². The number of hydrogen-bond donors (Lipinski definition) is 0. The number of ether oxygens (including phenoxy) is 2. The Morgan fingerprint density at radius 1 is 1.06 bits per heavy atom. The van der Waals surface area contributed by atoms with Gasteiger partial charge in [-0.1, -0.05) is 37.5 Å². The topological polar surface area (TPSA) is 79.6 Å². The normalized spacial score (nSPS) is 18.1. The molecule has 0 atom stereocenters. The van der Waals surface area contributed by atoms with Crippen molar-refractivity contribution >= 4 is 17.9 Å². The second kappa shape index (κ2) is 10.6. The quantitative estimate of drug-likeness (QED) is 0.417. The number of amides is 2. The summed E-state index contributed by atoms with van der Waals surface area (Å²) in [6.45, 7) is 1.87. The van der Waals surface area contributed by atoms with E-state index in [1.165, 1.54) is 24.1 Å². The van der Waals surface area contributed by atoms with Crippen molar-refractivity contribution in [3.8, 4) is 17.6 Å². The van der Waals surface area contributed by atoms with Crippen LogP contribution < -0.4 is 9.47 Å². The maximum absolute atomic E-state index is 13.4. The largest absolute Gasteiger partial charge is 0.493 e. The van der Waals surface area contributed by atoms with E-state index >= 15 is 0 Å². The molecule has 0 radical (unpaired) electrons. The predicted octanol–water partition coefficient (Wildman–Crippen LogP) is 5.34. The van der Waals surface area contributed by atoms with Crippen LogP contribution in [0.1, 0.15) is 50.2 Å². The Bertz CT molecular complexity index is 1230. The fourth-order valence-corrected chi connectivity index (χ4v) is 4.57. The first-order chi connectivity index (χ1) is 16.9. The summed E-state index contributed by atoms with van der Waals surface area (Å²) < 4.78 is 24.5. The maximum atomic E-state index is 13.4. The number of nitrogens with zero attached hydrogens (tertiary/aromatic N) is 2. The number of hydrogen-bond acceptors (Lipinski definition) is 5. The average molecular weight is 475 g/mol. The fraction of sp³-hybridized carbons (Fsp3) is 0.321. The fourth-order valence-electron chi connectivity index (χ4n) is 4.57. The number of carbonyl (C=O) groups is 2. The summed E-state index contributed by atoms with van der Waals surface area (Å²) in [6.07, 6.45) is 6.21. The molecule has 6 nitrogen and oxygen atoms in total. The molecule has 0 N–H and O–H groups in total. The van der Waals surface area contributed by atoms with Gasteiger partial charge in [-0.25, -0.2) is 4.39 Å². The number of rotatable bonds is 6. The monoisotopic (exact) mass is 474 g/mol. The summed E-state index contributed by atoms with van der Waals surface area (Å²) in [6, 6.07) is 13.1. The highest BCUT2D eigenvalue weighted by Crippen LogP contribution is 2.34. The molecule has 180 valence electrons. The minimum atomic E-state index is -0.499. The lowest BCUT2D eigenvalue weighted by molar-refractivity contribution is -0.143. The molecule has 2 aromatic rings. The van der Waals surface area contributed by atoms with E-state index in [1.54, 1.807) is 43.3 Å². The number of imide groups is 1. The average Bonchev–Trinajstić information content (AvgIpc) is 2.87. The second-order valence-corrected chi connectivity index (χ2v) is 8.77. The van der Waals surface area contributed by atoms with E-state index in [0.29, 0.717) is 28.2 Å². The summed E-state index contributed by atoms with van der Waals surface area (Å²) in [5.74, 6) is -0.214. The van der Waals surface area contributed by atoms with Gasteiger partial charge >= 0.3 is 0 Å². The first-order valence-corrected chi connectivity index (χ1v) is 11.7. The van der Waals surface area contributed by atoms with E-state index in [1.807, 2.05) is 6.07 Å². The van der Waals surface area contributed by atoms with Crippen LogP contribution in [0.5, 0.6) is 11.5 Å². The number of methoxy groups -OCH3 is 1. The molecular formula is C28H27FN2O4. The first-order valence-electron chi connectivity index (χ1n) is 11.7. The van der Waals surface area contributed by atoms with Crippen molar-refractivity contribution in [2.45, 2.75) is 51.7 Å². The second-order valence-electron chi connectivity index (χ2n) is 8.77. The summed E-state index contributed by atoms with van der Waals surface area (Å²) in [5.41, 5.74) is 2.20. The molecule has 2 aliphatic rings. The molecule has 0 bridgehead atoms. The highest BCUT2D eigenvalue weighted by Gasteiger charge is 2.39. The van der Waals surface area contributed by atoms with Gasteiger partial charge in [0.2, 0.25) is 0 Å². The van der Waals surface area contributed by atoms with Gasteiger partial charge in [-0.15, -0.1) is 0 Å². The zero-order chi connectivity index (χ0) is 24.9. The molecule has 0 saturated heterocycles. The molecule has 4 rings (SSSR count). The first kappa shape index (κ1) is 24.2. The SMILES string of the molecule is COc1cc(/C=C2/C(=O)N(C3CCCCC3)C(=O)C(C#N)=C2C)ccc1OCc1ccc(F)cc1. The Labute approximate surface area is 204 Å². The molecule has 1 aliphatic heterocycles. The third-order valence-corrected chi connectivity index (χ3v) is 6.52. The van der Waals surface area contributed by atoms with Crippen molar-refractivity contribution in [3.63, 3.8) is 0 Å². The summed E-state index contributed by atoms with van der Waals surface area (Å²) in [4.78, 5) is 27.7. The van der Waals surface area contributed by atoms with Crippen LogP contribution in [0.4, 0.5) is 4.39 Å². The van der Waals surface area contributed by atoms with Gasteiger partial charge in [-0.3, -0.25) is 14.5 Å². The molecule has 0 aromatic heterocycles. The Hall–Kier alpha value is -3.92. The van der Waals surface area contributed by atoms with Crippen LogP contribution >= 0.6 is 0 Å². The van der Waals surface area contributed by atoms with Crippen molar-refractivity contribution in [1.82, 2.24) is 4.90 Å². The standard InChI is InChI=1S/C28H27FN2O4/c1-18-23(27(32)31(28(33)24(18)16-30)22-6-4-3-5-7-22)14-20-10-13-25(26(15-20)34-2)35-17-19-8-11-21(29)12-9-19/h8-15,22H,3-7,17H2,1-2H3/b23-14+. The minimum Gasteiger partial charge on any atom is -0.493 e. The molecule has 1 fully saturated rings. The lowest BCUT2D eigenvalue weighted by Crippen LogP contribution is -2.49.